The molecule has 0 bridgehead atoms. The van der Waals surface area contributed by atoms with Crippen LogP contribution in [0.15, 0.2) is 0 Å². The number of ether oxygens (including phenoxy) is 2. The minimum Gasteiger partial charge on any atom is -0.347 e. The molecule has 2 atom stereocenters. The summed E-state index contributed by atoms with van der Waals surface area (Å²) in [5, 5.41) is 0. The summed E-state index contributed by atoms with van der Waals surface area (Å²) in [6.07, 6.45) is 1.20. The van der Waals surface area contributed by atoms with Crippen LogP contribution in [0.1, 0.15) is 20.3 Å². The van der Waals surface area contributed by atoms with E-state index in [1.807, 2.05) is 13.8 Å². The molecule has 1 rings (SSSR count). The van der Waals surface area contributed by atoms with Gasteiger partial charge in [0, 0.05) is 0 Å². The van der Waals surface area contributed by atoms with E-state index < -0.39 is 5.79 Å². The highest BCUT2D eigenvalue weighted by atomic mass is 16.7. The van der Waals surface area contributed by atoms with Gasteiger partial charge in [-0.05, 0) is 13.3 Å². The summed E-state index contributed by atoms with van der Waals surface area (Å²) >= 11 is 0. The maximum absolute atomic E-state index is 10.2. The average molecular weight is 144 g/mol. The Morgan fingerprint density at radius 2 is 2.50 bits per heavy atom. The van der Waals surface area contributed by atoms with E-state index in [4.69, 9.17) is 9.47 Å². The number of carbonyl (C=O) groups is 1. The summed E-state index contributed by atoms with van der Waals surface area (Å²) in [5.74, 6) is -0.522. The summed E-state index contributed by atoms with van der Waals surface area (Å²) in [6.45, 7) is 4.21. The largest absolute Gasteiger partial charge is 0.347 e. The van der Waals surface area contributed by atoms with Gasteiger partial charge < -0.3 is 14.3 Å². The lowest BCUT2D eigenvalue weighted by Crippen LogP contribution is -2.25. The van der Waals surface area contributed by atoms with Crippen LogP contribution in [0.2, 0.25) is 0 Å². The molecule has 0 saturated carbocycles. The molecular weight excluding hydrogens is 132 g/mol. The van der Waals surface area contributed by atoms with Crippen LogP contribution in [0, 0.1) is 0 Å². The van der Waals surface area contributed by atoms with Crippen LogP contribution in [0.25, 0.3) is 0 Å². The quantitative estimate of drug-likeness (QED) is 0.536. The van der Waals surface area contributed by atoms with Gasteiger partial charge in [0.25, 0.3) is 0 Å². The molecule has 1 saturated heterocycles. The molecule has 0 aliphatic carbocycles. The normalized spacial score (nSPS) is 40.0. The first-order valence-corrected chi connectivity index (χ1v) is 3.47. The Balaban J connectivity index is 2.48. The van der Waals surface area contributed by atoms with Gasteiger partial charge in [-0.3, -0.25) is 0 Å². The van der Waals surface area contributed by atoms with E-state index in [1.165, 1.54) is 0 Å². The number of rotatable bonds is 2. The molecule has 3 heteroatoms. The highest BCUT2D eigenvalue weighted by Gasteiger charge is 2.34. The fourth-order valence-electron chi connectivity index (χ4n) is 0.899. The highest BCUT2D eigenvalue weighted by Crippen LogP contribution is 2.24. The van der Waals surface area contributed by atoms with Crippen LogP contribution in [0.4, 0.5) is 0 Å². The Hall–Kier alpha value is -0.410. The zero-order valence-corrected chi connectivity index (χ0v) is 6.29. The zero-order chi connectivity index (χ0) is 7.61. The van der Waals surface area contributed by atoms with Gasteiger partial charge in [0.05, 0.1) is 6.61 Å². The molecule has 0 N–H and O–H groups in total. The van der Waals surface area contributed by atoms with Gasteiger partial charge >= 0.3 is 0 Å². The fraction of sp³-hybridized carbons (Fsp3) is 0.857. The molecule has 1 fully saturated rings. The van der Waals surface area contributed by atoms with Crippen molar-refractivity contribution >= 4 is 6.29 Å². The third kappa shape index (κ3) is 1.36. The maximum atomic E-state index is 10.2. The van der Waals surface area contributed by atoms with Crippen molar-refractivity contribution in [2.75, 3.05) is 6.61 Å². The third-order valence-corrected chi connectivity index (χ3v) is 1.75. The van der Waals surface area contributed by atoms with Gasteiger partial charge in [-0.2, -0.15) is 0 Å². The van der Waals surface area contributed by atoms with Crippen LogP contribution in [-0.4, -0.2) is 24.8 Å². The van der Waals surface area contributed by atoms with E-state index in [0.29, 0.717) is 6.61 Å². The van der Waals surface area contributed by atoms with E-state index in [1.54, 1.807) is 0 Å². The van der Waals surface area contributed by atoms with Crippen molar-refractivity contribution in [3.63, 3.8) is 0 Å². The molecule has 0 amide bonds. The lowest BCUT2D eigenvalue weighted by atomic mass is 10.2. The van der Waals surface area contributed by atoms with Crippen molar-refractivity contribution in [3.8, 4) is 0 Å². The Labute approximate surface area is 60.3 Å². The van der Waals surface area contributed by atoms with E-state index in [2.05, 4.69) is 0 Å². The molecule has 10 heavy (non-hydrogen) atoms. The molecule has 0 aromatic heterocycles. The van der Waals surface area contributed by atoms with E-state index in [0.717, 1.165) is 12.7 Å². The number of aldehydes is 1. The Bertz CT molecular complexity index is 135. The minimum absolute atomic E-state index is 0.357. The van der Waals surface area contributed by atoms with Crippen LogP contribution in [-0.2, 0) is 14.3 Å². The van der Waals surface area contributed by atoms with E-state index in [9.17, 15) is 4.79 Å². The van der Waals surface area contributed by atoms with E-state index >= 15 is 0 Å². The molecule has 1 aliphatic rings. The van der Waals surface area contributed by atoms with Gasteiger partial charge in [-0.15, -0.1) is 0 Å². The topological polar surface area (TPSA) is 35.5 Å². The lowest BCUT2D eigenvalue weighted by molar-refractivity contribution is -0.158. The molecule has 2 unspecified atom stereocenters. The lowest BCUT2D eigenvalue weighted by Gasteiger charge is -2.19. The second-order valence-corrected chi connectivity index (χ2v) is 2.59. The first-order valence-electron chi connectivity index (χ1n) is 3.47. The average Bonchev–Trinajstić information content (AvgIpc) is 2.33. The summed E-state index contributed by atoms with van der Waals surface area (Å²) < 4.78 is 10.5. The van der Waals surface area contributed by atoms with Crippen molar-refractivity contribution in [3.05, 3.63) is 0 Å². The van der Waals surface area contributed by atoms with E-state index in [-0.39, 0.29) is 6.10 Å². The number of hydrogen-bond acceptors (Lipinski definition) is 3. The van der Waals surface area contributed by atoms with Crippen molar-refractivity contribution in [2.45, 2.75) is 32.2 Å². The molecule has 0 radical (unpaired) electrons. The maximum Gasteiger partial charge on any atom is 0.166 e. The second-order valence-electron chi connectivity index (χ2n) is 2.59. The van der Waals surface area contributed by atoms with Crippen LogP contribution in [0.5, 0.6) is 0 Å². The SMILES string of the molecule is CCC1(C)OCC(C=O)O1. The van der Waals surface area contributed by atoms with Gasteiger partial charge in [0.15, 0.2) is 12.1 Å². The van der Waals surface area contributed by atoms with Crippen molar-refractivity contribution in [2.24, 2.45) is 0 Å². The molecule has 58 valence electrons. The molecule has 3 nitrogen and oxygen atoms in total. The summed E-state index contributed by atoms with van der Waals surface area (Å²) in [5.41, 5.74) is 0. The van der Waals surface area contributed by atoms with Crippen LogP contribution < -0.4 is 0 Å². The molecule has 0 aromatic carbocycles. The van der Waals surface area contributed by atoms with Gasteiger partial charge in [-0.1, -0.05) is 6.92 Å². The summed E-state index contributed by atoms with van der Waals surface area (Å²) in [7, 11) is 0. The van der Waals surface area contributed by atoms with Crippen molar-refractivity contribution in [1.29, 1.82) is 0 Å². The van der Waals surface area contributed by atoms with Crippen LogP contribution >= 0.6 is 0 Å². The molecule has 1 aliphatic heterocycles. The van der Waals surface area contributed by atoms with Gasteiger partial charge in [0.2, 0.25) is 0 Å². The zero-order valence-electron chi connectivity index (χ0n) is 6.29. The molecule has 0 spiro atoms. The van der Waals surface area contributed by atoms with Crippen molar-refractivity contribution in [1.82, 2.24) is 0 Å². The Morgan fingerprint density at radius 3 is 2.80 bits per heavy atom. The molecular formula is C7H12O3. The third-order valence-electron chi connectivity index (χ3n) is 1.75. The van der Waals surface area contributed by atoms with Crippen molar-refractivity contribution < 1.29 is 14.3 Å². The summed E-state index contributed by atoms with van der Waals surface area (Å²) in [4.78, 5) is 10.2. The Kier molecular flexibility index (Phi) is 2.06. The Morgan fingerprint density at radius 1 is 1.80 bits per heavy atom. The molecule has 0 aromatic rings. The standard InChI is InChI=1S/C7H12O3/c1-3-7(2)9-5-6(4-8)10-7/h4,6H,3,5H2,1-2H3. The number of carbonyl (C=O) groups excluding carboxylic acids is 1. The summed E-state index contributed by atoms with van der Waals surface area (Å²) in [6, 6.07) is 0. The molecule has 1 heterocycles. The predicted octanol–water partition coefficient (Wildman–Crippen LogP) is 0.727. The first-order chi connectivity index (χ1) is 4.70. The monoisotopic (exact) mass is 144 g/mol. The van der Waals surface area contributed by atoms with Gasteiger partial charge in [-0.25, -0.2) is 0 Å². The van der Waals surface area contributed by atoms with Crippen LogP contribution in [0.3, 0.4) is 0 Å². The van der Waals surface area contributed by atoms with Gasteiger partial charge in [0.1, 0.15) is 6.10 Å². The smallest absolute Gasteiger partial charge is 0.166 e. The predicted molar refractivity (Wildman–Crippen MR) is 35.6 cm³/mol. The fourth-order valence-corrected chi connectivity index (χ4v) is 0.899. The highest BCUT2D eigenvalue weighted by molar-refractivity contribution is 5.56. The number of hydrogen-bond donors (Lipinski definition) is 0. The first kappa shape index (κ1) is 7.69. The second kappa shape index (κ2) is 2.68. The minimum atomic E-state index is -0.522.